The average molecular weight is 337 g/mol. The third-order valence-corrected chi connectivity index (χ3v) is 5.71. The van der Waals surface area contributed by atoms with Gasteiger partial charge in [-0.2, -0.15) is 4.31 Å². The fourth-order valence-electron chi connectivity index (χ4n) is 1.73. The van der Waals surface area contributed by atoms with Crippen LogP contribution in [0.25, 0.3) is 0 Å². The van der Waals surface area contributed by atoms with Gasteiger partial charge in [-0.25, -0.2) is 13.2 Å². The Hall–Kier alpha value is -1.00. The standard InChI is InChI=1S/C12H19NO6S2/c1-18-7-3-5-13(6-8-19-2)21(16,17)10-4-9-20-11(10)12(14)15/h4,9H,3,5-8H2,1-2H3,(H,14,15). The molecule has 0 aromatic carbocycles. The normalized spacial score (nSPS) is 12.0. The summed E-state index contributed by atoms with van der Waals surface area (Å²) < 4.78 is 36.2. The maximum atomic E-state index is 12.6. The number of carboxylic acid groups (broad SMARTS) is 1. The summed E-state index contributed by atoms with van der Waals surface area (Å²) in [6.45, 7) is 1.07. The van der Waals surface area contributed by atoms with Crippen LogP contribution >= 0.6 is 11.3 Å². The minimum atomic E-state index is -3.86. The Morgan fingerprint density at radius 3 is 2.52 bits per heavy atom. The van der Waals surface area contributed by atoms with Crippen LogP contribution in [0, 0.1) is 0 Å². The molecule has 1 rings (SSSR count). The molecule has 0 aliphatic carbocycles. The highest BCUT2D eigenvalue weighted by atomic mass is 32.2. The summed E-state index contributed by atoms with van der Waals surface area (Å²) >= 11 is 0.893. The Morgan fingerprint density at radius 2 is 1.95 bits per heavy atom. The van der Waals surface area contributed by atoms with Crippen LogP contribution in [-0.2, 0) is 19.5 Å². The minimum absolute atomic E-state index is 0.164. The van der Waals surface area contributed by atoms with E-state index in [0.29, 0.717) is 13.0 Å². The molecule has 0 bridgehead atoms. The zero-order chi connectivity index (χ0) is 15.9. The van der Waals surface area contributed by atoms with Crippen molar-refractivity contribution < 1.29 is 27.8 Å². The fourth-order valence-corrected chi connectivity index (χ4v) is 4.42. The number of rotatable bonds is 10. The van der Waals surface area contributed by atoms with Crippen LogP contribution in [0.2, 0.25) is 0 Å². The molecule has 1 N–H and O–H groups in total. The van der Waals surface area contributed by atoms with Crippen LogP contribution in [0.15, 0.2) is 16.3 Å². The first kappa shape index (κ1) is 18.1. The van der Waals surface area contributed by atoms with E-state index in [1.54, 1.807) is 0 Å². The lowest BCUT2D eigenvalue weighted by Gasteiger charge is -2.21. The second-order valence-electron chi connectivity index (χ2n) is 4.16. The van der Waals surface area contributed by atoms with Crippen LogP contribution in [0.5, 0.6) is 0 Å². The van der Waals surface area contributed by atoms with E-state index < -0.39 is 16.0 Å². The average Bonchev–Trinajstić information content (AvgIpc) is 2.92. The number of hydrogen-bond donors (Lipinski definition) is 1. The number of carboxylic acids is 1. The second kappa shape index (κ2) is 8.44. The Morgan fingerprint density at radius 1 is 1.29 bits per heavy atom. The lowest BCUT2D eigenvalue weighted by Crippen LogP contribution is -2.35. The molecule has 1 heterocycles. The molecule has 0 amide bonds. The van der Waals surface area contributed by atoms with Crippen molar-refractivity contribution in [2.45, 2.75) is 11.3 Å². The molecule has 1 aromatic heterocycles. The molecule has 7 nitrogen and oxygen atoms in total. The lowest BCUT2D eigenvalue weighted by atomic mass is 10.4. The molecule has 21 heavy (non-hydrogen) atoms. The number of nitrogens with zero attached hydrogens (tertiary/aromatic N) is 1. The molecule has 0 fully saturated rings. The molecule has 0 radical (unpaired) electrons. The molecule has 0 saturated carbocycles. The van der Waals surface area contributed by atoms with Gasteiger partial charge in [-0.3, -0.25) is 0 Å². The SMILES string of the molecule is COCCCN(CCOC)S(=O)(=O)c1ccsc1C(=O)O. The van der Waals surface area contributed by atoms with Crippen molar-refractivity contribution in [2.24, 2.45) is 0 Å². The van der Waals surface area contributed by atoms with Crippen molar-refractivity contribution >= 4 is 27.3 Å². The van der Waals surface area contributed by atoms with Crippen LogP contribution < -0.4 is 0 Å². The number of ether oxygens (including phenoxy) is 2. The van der Waals surface area contributed by atoms with Gasteiger partial charge in [0.1, 0.15) is 9.77 Å². The summed E-state index contributed by atoms with van der Waals surface area (Å²) in [5, 5.41) is 10.5. The van der Waals surface area contributed by atoms with E-state index >= 15 is 0 Å². The topological polar surface area (TPSA) is 93.1 Å². The molecular formula is C12H19NO6S2. The highest BCUT2D eigenvalue weighted by Crippen LogP contribution is 2.25. The predicted molar refractivity (Wildman–Crippen MR) is 78.4 cm³/mol. The summed E-state index contributed by atoms with van der Waals surface area (Å²) in [6.07, 6.45) is 0.520. The molecule has 0 aliphatic rings. The van der Waals surface area contributed by atoms with Crippen molar-refractivity contribution in [3.05, 3.63) is 16.3 Å². The Labute approximate surface area is 128 Å². The number of methoxy groups -OCH3 is 2. The van der Waals surface area contributed by atoms with Crippen molar-refractivity contribution in [2.75, 3.05) is 40.5 Å². The minimum Gasteiger partial charge on any atom is -0.477 e. The monoisotopic (exact) mass is 337 g/mol. The molecule has 0 saturated heterocycles. The van der Waals surface area contributed by atoms with Crippen molar-refractivity contribution in [3.63, 3.8) is 0 Å². The first-order valence-electron chi connectivity index (χ1n) is 6.24. The molecule has 0 atom stereocenters. The summed E-state index contributed by atoms with van der Waals surface area (Å²) in [5.74, 6) is -1.24. The molecule has 0 aliphatic heterocycles. The maximum Gasteiger partial charge on any atom is 0.347 e. The lowest BCUT2D eigenvalue weighted by molar-refractivity contribution is 0.0698. The summed E-state index contributed by atoms with van der Waals surface area (Å²) in [6, 6.07) is 1.32. The molecule has 0 unspecified atom stereocenters. The van der Waals surface area contributed by atoms with E-state index in [0.717, 1.165) is 11.3 Å². The smallest absolute Gasteiger partial charge is 0.347 e. The van der Waals surface area contributed by atoms with E-state index in [1.807, 2.05) is 0 Å². The summed E-state index contributed by atoms with van der Waals surface area (Å²) in [5.41, 5.74) is 0. The Kier molecular flexibility index (Phi) is 7.26. The van der Waals surface area contributed by atoms with Crippen molar-refractivity contribution in [1.29, 1.82) is 0 Å². The largest absolute Gasteiger partial charge is 0.477 e. The van der Waals surface area contributed by atoms with E-state index in [9.17, 15) is 13.2 Å². The Balaban J connectivity index is 3.01. The maximum absolute atomic E-state index is 12.6. The number of thiophene rings is 1. The molecular weight excluding hydrogens is 318 g/mol. The number of aromatic carboxylic acids is 1. The number of carbonyl (C=O) groups is 1. The highest BCUT2D eigenvalue weighted by Gasteiger charge is 2.29. The zero-order valence-corrected chi connectivity index (χ0v) is 13.6. The van der Waals surface area contributed by atoms with Crippen molar-refractivity contribution in [3.8, 4) is 0 Å². The van der Waals surface area contributed by atoms with E-state index in [2.05, 4.69) is 0 Å². The van der Waals surface area contributed by atoms with E-state index in [-0.39, 0.29) is 29.5 Å². The van der Waals surface area contributed by atoms with Gasteiger partial charge >= 0.3 is 5.97 Å². The van der Waals surface area contributed by atoms with Crippen LogP contribution in [0.3, 0.4) is 0 Å². The van der Waals surface area contributed by atoms with Gasteiger partial charge in [-0.05, 0) is 17.9 Å². The first-order chi connectivity index (χ1) is 9.95. The fraction of sp³-hybridized carbons (Fsp3) is 0.583. The Bertz CT molecular complexity index is 554. The van der Waals surface area contributed by atoms with Crippen LogP contribution in [-0.4, -0.2) is 64.3 Å². The summed E-state index contributed by atoms with van der Waals surface area (Å²) in [7, 11) is -0.842. The molecule has 0 spiro atoms. The van der Waals surface area contributed by atoms with Gasteiger partial charge in [0.25, 0.3) is 0 Å². The van der Waals surface area contributed by atoms with Gasteiger partial charge in [0.05, 0.1) is 6.61 Å². The molecule has 9 heteroatoms. The summed E-state index contributed by atoms with van der Waals surface area (Å²) in [4.78, 5) is 10.8. The second-order valence-corrected chi connectivity index (χ2v) is 6.98. The predicted octanol–water partition coefficient (Wildman–Crippen LogP) is 1.12. The zero-order valence-electron chi connectivity index (χ0n) is 11.9. The van der Waals surface area contributed by atoms with Gasteiger partial charge in [0.15, 0.2) is 0 Å². The van der Waals surface area contributed by atoms with E-state index in [4.69, 9.17) is 14.6 Å². The molecule has 1 aromatic rings. The van der Waals surface area contributed by atoms with Crippen LogP contribution in [0.1, 0.15) is 16.1 Å². The third-order valence-electron chi connectivity index (χ3n) is 2.74. The highest BCUT2D eigenvalue weighted by molar-refractivity contribution is 7.89. The van der Waals surface area contributed by atoms with Gasteiger partial charge in [-0.15, -0.1) is 11.3 Å². The number of sulfonamides is 1. The first-order valence-corrected chi connectivity index (χ1v) is 8.56. The van der Waals surface area contributed by atoms with Gasteiger partial charge in [0, 0.05) is 33.9 Å². The van der Waals surface area contributed by atoms with Gasteiger partial charge in [0.2, 0.25) is 10.0 Å². The third kappa shape index (κ3) is 4.75. The quantitative estimate of drug-likeness (QED) is 0.643. The van der Waals surface area contributed by atoms with E-state index in [1.165, 1.54) is 30.0 Å². The molecule has 120 valence electrons. The van der Waals surface area contributed by atoms with Crippen LogP contribution in [0.4, 0.5) is 0 Å². The van der Waals surface area contributed by atoms with Gasteiger partial charge in [-0.1, -0.05) is 0 Å². The van der Waals surface area contributed by atoms with Gasteiger partial charge < -0.3 is 14.6 Å². The van der Waals surface area contributed by atoms with Crippen molar-refractivity contribution in [1.82, 2.24) is 4.31 Å². The number of hydrogen-bond acceptors (Lipinski definition) is 6.